The van der Waals surface area contributed by atoms with Crippen LogP contribution < -0.4 is 14.4 Å². The molecule has 31 heavy (non-hydrogen) atoms. The number of piperidine rings is 1. The van der Waals surface area contributed by atoms with Crippen molar-refractivity contribution in [2.45, 2.75) is 32.1 Å². The Bertz CT molecular complexity index is 1160. The van der Waals surface area contributed by atoms with Gasteiger partial charge in [-0.2, -0.15) is 0 Å². The van der Waals surface area contributed by atoms with Gasteiger partial charge < -0.3 is 9.64 Å². The van der Waals surface area contributed by atoms with Crippen LogP contribution in [0.4, 0.5) is 11.6 Å². The molecule has 1 saturated heterocycles. The van der Waals surface area contributed by atoms with Gasteiger partial charge in [0.1, 0.15) is 5.75 Å². The summed E-state index contributed by atoms with van der Waals surface area (Å²) < 4.78 is 34.4. The van der Waals surface area contributed by atoms with Crippen molar-refractivity contribution in [3.8, 4) is 5.75 Å². The summed E-state index contributed by atoms with van der Waals surface area (Å²) in [7, 11) is -3.84. The van der Waals surface area contributed by atoms with E-state index in [1.54, 1.807) is 12.1 Å². The van der Waals surface area contributed by atoms with E-state index in [-0.39, 0.29) is 10.7 Å². The summed E-state index contributed by atoms with van der Waals surface area (Å²) in [6, 6.07) is 13.9. The fourth-order valence-corrected chi connectivity index (χ4v) is 5.19. The SMILES string of the molecule is CCOc1ccc(S(=O)(=O)Nc2nc3ccccc3nc2N2CC(C)CC(C)C2)cc1. The molecule has 1 fully saturated rings. The van der Waals surface area contributed by atoms with Gasteiger partial charge in [-0.05, 0) is 61.6 Å². The predicted octanol–water partition coefficient (Wildman–Crippen LogP) is 4.31. The standard InChI is InChI=1S/C23H28N4O3S/c1-4-30-18-9-11-19(12-10-18)31(28,29)26-22-23(27-14-16(2)13-17(3)15-27)25-21-8-6-5-7-20(21)24-22/h5-12,16-17H,4,13-15H2,1-3H3,(H,24,26). The Morgan fingerprint density at radius 2 is 1.61 bits per heavy atom. The second kappa shape index (κ2) is 8.70. The molecule has 164 valence electrons. The molecule has 0 saturated carbocycles. The Kier molecular flexibility index (Phi) is 6.00. The molecular formula is C23H28N4O3S. The molecule has 0 amide bonds. The van der Waals surface area contributed by atoms with Crippen molar-refractivity contribution >= 4 is 32.7 Å². The molecule has 8 heteroatoms. The lowest BCUT2D eigenvalue weighted by Crippen LogP contribution is -2.39. The van der Waals surface area contributed by atoms with Gasteiger partial charge in [0, 0.05) is 13.1 Å². The minimum atomic E-state index is -3.84. The van der Waals surface area contributed by atoms with Crippen molar-refractivity contribution in [3.63, 3.8) is 0 Å². The van der Waals surface area contributed by atoms with Crippen LogP contribution in [0.3, 0.4) is 0 Å². The van der Waals surface area contributed by atoms with Crippen LogP contribution in [0.5, 0.6) is 5.75 Å². The van der Waals surface area contributed by atoms with E-state index in [1.165, 1.54) is 12.1 Å². The number of hydrogen-bond acceptors (Lipinski definition) is 6. The molecule has 3 aromatic rings. The Hall–Kier alpha value is -2.87. The molecule has 1 aromatic heterocycles. The zero-order valence-corrected chi connectivity index (χ0v) is 18.9. The number of ether oxygens (including phenoxy) is 1. The van der Waals surface area contributed by atoms with E-state index in [1.807, 2.05) is 31.2 Å². The maximum atomic E-state index is 13.1. The molecule has 2 atom stereocenters. The molecule has 1 aliphatic heterocycles. The second-order valence-electron chi connectivity index (χ2n) is 8.25. The van der Waals surface area contributed by atoms with E-state index < -0.39 is 10.0 Å². The molecule has 7 nitrogen and oxygen atoms in total. The normalized spacial score (nSPS) is 19.4. The number of benzene rings is 2. The van der Waals surface area contributed by atoms with Crippen molar-refractivity contribution in [2.75, 3.05) is 29.3 Å². The molecule has 0 bridgehead atoms. The largest absolute Gasteiger partial charge is 0.494 e. The summed E-state index contributed by atoms with van der Waals surface area (Å²) in [5, 5.41) is 0. The van der Waals surface area contributed by atoms with E-state index in [2.05, 4.69) is 28.5 Å². The number of nitrogens with zero attached hydrogens (tertiary/aromatic N) is 3. The van der Waals surface area contributed by atoms with Crippen molar-refractivity contribution in [2.24, 2.45) is 11.8 Å². The van der Waals surface area contributed by atoms with Crippen molar-refractivity contribution in [1.82, 2.24) is 9.97 Å². The quantitative estimate of drug-likeness (QED) is 0.615. The number of rotatable bonds is 6. The van der Waals surface area contributed by atoms with Crippen LogP contribution >= 0.6 is 0 Å². The Balaban J connectivity index is 1.73. The van der Waals surface area contributed by atoms with Crippen LogP contribution in [0.15, 0.2) is 53.4 Å². The van der Waals surface area contributed by atoms with Gasteiger partial charge in [-0.3, -0.25) is 4.72 Å². The molecule has 2 aromatic carbocycles. The van der Waals surface area contributed by atoms with E-state index in [4.69, 9.17) is 9.72 Å². The van der Waals surface area contributed by atoms with Gasteiger partial charge >= 0.3 is 0 Å². The molecule has 1 N–H and O–H groups in total. The van der Waals surface area contributed by atoms with Gasteiger partial charge in [-0.1, -0.05) is 26.0 Å². The number of fused-ring (bicyclic) bond motifs is 1. The zero-order chi connectivity index (χ0) is 22.0. The first-order valence-electron chi connectivity index (χ1n) is 10.6. The van der Waals surface area contributed by atoms with Crippen molar-refractivity contribution in [3.05, 3.63) is 48.5 Å². The second-order valence-corrected chi connectivity index (χ2v) is 9.93. The van der Waals surface area contributed by atoms with Crippen LogP contribution in [0.2, 0.25) is 0 Å². The first-order valence-corrected chi connectivity index (χ1v) is 12.1. The Labute approximate surface area is 183 Å². The van der Waals surface area contributed by atoms with Crippen LogP contribution in [-0.2, 0) is 10.0 Å². The van der Waals surface area contributed by atoms with Gasteiger partial charge in [0.15, 0.2) is 11.6 Å². The minimum absolute atomic E-state index is 0.150. The lowest BCUT2D eigenvalue weighted by Gasteiger charge is -2.36. The highest BCUT2D eigenvalue weighted by atomic mass is 32.2. The van der Waals surface area contributed by atoms with Gasteiger partial charge in [0.05, 0.1) is 22.5 Å². The lowest BCUT2D eigenvalue weighted by atomic mass is 9.92. The highest BCUT2D eigenvalue weighted by Crippen LogP contribution is 2.32. The molecular weight excluding hydrogens is 412 g/mol. The average Bonchev–Trinajstić information content (AvgIpc) is 2.73. The summed E-state index contributed by atoms with van der Waals surface area (Å²) in [6.45, 7) is 8.45. The summed E-state index contributed by atoms with van der Waals surface area (Å²) in [5.74, 6) is 2.45. The molecule has 0 aliphatic carbocycles. The van der Waals surface area contributed by atoms with Crippen molar-refractivity contribution < 1.29 is 13.2 Å². The summed E-state index contributed by atoms with van der Waals surface area (Å²) >= 11 is 0. The van der Waals surface area contributed by atoms with Crippen LogP contribution in [0.1, 0.15) is 27.2 Å². The summed E-state index contributed by atoms with van der Waals surface area (Å²) in [5.41, 5.74) is 1.39. The molecule has 4 rings (SSSR count). The highest BCUT2D eigenvalue weighted by Gasteiger charge is 2.27. The average molecular weight is 441 g/mol. The third kappa shape index (κ3) is 4.74. The number of nitrogens with one attached hydrogen (secondary N) is 1. The smallest absolute Gasteiger partial charge is 0.263 e. The molecule has 2 heterocycles. The Morgan fingerprint density at radius 3 is 2.23 bits per heavy atom. The fraction of sp³-hybridized carbons (Fsp3) is 0.391. The third-order valence-corrected chi connectivity index (χ3v) is 6.75. The predicted molar refractivity (Wildman–Crippen MR) is 123 cm³/mol. The number of hydrogen-bond donors (Lipinski definition) is 1. The maximum Gasteiger partial charge on any atom is 0.263 e. The van der Waals surface area contributed by atoms with Gasteiger partial charge in [0.25, 0.3) is 10.0 Å². The first-order chi connectivity index (χ1) is 14.9. The first kappa shape index (κ1) is 21.4. The van der Waals surface area contributed by atoms with Gasteiger partial charge in [-0.25, -0.2) is 18.4 Å². The van der Waals surface area contributed by atoms with Crippen LogP contribution in [0, 0.1) is 11.8 Å². The topological polar surface area (TPSA) is 84.4 Å². The van der Waals surface area contributed by atoms with Crippen LogP contribution in [-0.4, -0.2) is 38.1 Å². The lowest BCUT2D eigenvalue weighted by molar-refractivity contribution is 0.340. The van der Waals surface area contributed by atoms with E-state index in [0.29, 0.717) is 35.5 Å². The molecule has 0 radical (unpaired) electrons. The molecule has 0 spiro atoms. The van der Waals surface area contributed by atoms with E-state index >= 15 is 0 Å². The van der Waals surface area contributed by atoms with Gasteiger partial charge in [0.2, 0.25) is 0 Å². The third-order valence-electron chi connectivity index (χ3n) is 5.40. The number of para-hydroxylation sites is 2. The maximum absolute atomic E-state index is 13.1. The number of sulfonamides is 1. The van der Waals surface area contributed by atoms with E-state index in [0.717, 1.165) is 25.0 Å². The zero-order valence-electron chi connectivity index (χ0n) is 18.1. The highest BCUT2D eigenvalue weighted by molar-refractivity contribution is 7.92. The van der Waals surface area contributed by atoms with Crippen molar-refractivity contribution in [1.29, 1.82) is 0 Å². The molecule has 1 aliphatic rings. The minimum Gasteiger partial charge on any atom is -0.494 e. The van der Waals surface area contributed by atoms with E-state index in [9.17, 15) is 8.42 Å². The van der Waals surface area contributed by atoms with Gasteiger partial charge in [-0.15, -0.1) is 0 Å². The van der Waals surface area contributed by atoms with Crippen LogP contribution in [0.25, 0.3) is 11.0 Å². The number of aromatic nitrogens is 2. The molecule has 2 unspecified atom stereocenters. The number of anilines is 2. The fourth-order valence-electron chi connectivity index (χ4n) is 4.18. The summed E-state index contributed by atoms with van der Waals surface area (Å²) in [4.78, 5) is 11.7. The Morgan fingerprint density at radius 1 is 1.00 bits per heavy atom. The monoisotopic (exact) mass is 440 g/mol. The summed E-state index contributed by atoms with van der Waals surface area (Å²) in [6.07, 6.45) is 1.14.